The van der Waals surface area contributed by atoms with Gasteiger partial charge in [0.05, 0.1) is 30.7 Å². The first-order valence-corrected chi connectivity index (χ1v) is 17.9. The summed E-state index contributed by atoms with van der Waals surface area (Å²) in [6.45, 7) is 17.7. The van der Waals surface area contributed by atoms with Crippen molar-refractivity contribution in [2.24, 2.45) is 5.92 Å². The molecule has 2 aliphatic rings. The summed E-state index contributed by atoms with van der Waals surface area (Å²) in [7, 11) is -2.03. The molecule has 1 amide bonds. The summed E-state index contributed by atoms with van der Waals surface area (Å²) in [5.74, 6) is 0.976. The number of rotatable bonds is 8. The second kappa shape index (κ2) is 11.1. The molecule has 1 aliphatic carbocycles. The number of amides is 1. The second-order valence-electron chi connectivity index (χ2n) is 13.8. The Morgan fingerprint density at radius 1 is 1.05 bits per heavy atom. The molecule has 1 N–H and O–H groups in total. The van der Waals surface area contributed by atoms with Crippen LogP contribution in [0.25, 0.3) is 0 Å². The Balaban J connectivity index is 1.67. The number of hydrogen-bond donors (Lipinski definition) is 1. The van der Waals surface area contributed by atoms with Crippen LogP contribution in [0.2, 0.25) is 28.2 Å². The molecule has 2 aromatic carbocycles. The molecule has 0 saturated heterocycles. The van der Waals surface area contributed by atoms with E-state index in [0.717, 1.165) is 19.3 Å². The number of carbonyl (C=O) groups excluding carboxylic acids is 1. The van der Waals surface area contributed by atoms with Gasteiger partial charge in [-0.1, -0.05) is 68.2 Å². The van der Waals surface area contributed by atoms with Crippen LogP contribution in [-0.2, 0) is 22.1 Å². The Morgan fingerprint density at radius 2 is 1.64 bits per heavy atom. The number of nitrogens with zero attached hydrogens (tertiary/aromatic N) is 1. The van der Waals surface area contributed by atoms with Gasteiger partial charge in [-0.15, -0.1) is 0 Å². The van der Waals surface area contributed by atoms with Gasteiger partial charge in [0.2, 0.25) is 5.91 Å². The standard InChI is InChI=1S/C32H45Cl2NO3Si/c1-20-23-11-9-12-24(25-15-21(25)18-32(5,6)37)26(23)16-22(19-38-39(7,8)31(2,3)4)35(20)30(36)17-27-28(33)13-10-14-29(27)34/h9-14,20-22,25,37H,15-19H2,1-8H3/t20-,21+,22+,25-/m0/s1. The van der Waals surface area contributed by atoms with Gasteiger partial charge in [0, 0.05) is 10.0 Å². The lowest BCUT2D eigenvalue weighted by Crippen LogP contribution is -2.52. The van der Waals surface area contributed by atoms with E-state index in [0.29, 0.717) is 34.1 Å². The molecule has 0 aromatic heterocycles. The van der Waals surface area contributed by atoms with Gasteiger partial charge in [0.25, 0.3) is 0 Å². The van der Waals surface area contributed by atoms with Crippen LogP contribution in [0.15, 0.2) is 36.4 Å². The van der Waals surface area contributed by atoms with Crippen molar-refractivity contribution in [2.45, 2.75) is 109 Å². The van der Waals surface area contributed by atoms with Crippen LogP contribution in [0.3, 0.4) is 0 Å². The zero-order chi connectivity index (χ0) is 28.9. The lowest BCUT2D eigenvalue weighted by Gasteiger charge is -2.45. The topological polar surface area (TPSA) is 49.8 Å². The molecule has 214 valence electrons. The van der Waals surface area contributed by atoms with E-state index < -0.39 is 13.9 Å². The van der Waals surface area contributed by atoms with Crippen molar-refractivity contribution in [1.82, 2.24) is 4.90 Å². The van der Waals surface area contributed by atoms with Gasteiger partial charge in [-0.3, -0.25) is 4.79 Å². The molecule has 0 unspecified atom stereocenters. The van der Waals surface area contributed by atoms with E-state index in [1.165, 1.54) is 16.7 Å². The fourth-order valence-electron chi connectivity index (χ4n) is 5.92. The Hall–Kier alpha value is -1.37. The largest absolute Gasteiger partial charge is 0.415 e. The van der Waals surface area contributed by atoms with Crippen LogP contribution in [0.4, 0.5) is 0 Å². The molecule has 1 fully saturated rings. The van der Waals surface area contributed by atoms with Crippen molar-refractivity contribution in [3.8, 4) is 0 Å². The van der Waals surface area contributed by atoms with Gasteiger partial charge < -0.3 is 14.4 Å². The highest BCUT2D eigenvalue weighted by Crippen LogP contribution is 2.54. The summed E-state index contributed by atoms with van der Waals surface area (Å²) in [4.78, 5) is 16.0. The molecule has 2 aromatic rings. The molecule has 39 heavy (non-hydrogen) atoms. The number of halogens is 2. The minimum atomic E-state index is -2.03. The third-order valence-corrected chi connectivity index (χ3v) is 14.4. The number of fused-ring (bicyclic) bond motifs is 1. The van der Waals surface area contributed by atoms with E-state index in [9.17, 15) is 9.90 Å². The minimum absolute atomic E-state index is 0.0173. The smallest absolute Gasteiger partial charge is 0.227 e. The summed E-state index contributed by atoms with van der Waals surface area (Å²) in [6.07, 6.45) is 2.83. The maximum Gasteiger partial charge on any atom is 0.227 e. The lowest BCUT2D eigenvalue weighted by molar-refractivity contribution is -0.137. The van der Waals surface area contributed by atoms with E-state index in [4.69, 9.17) is 27.6 Å². The molecule has 1 heterocycles. The summed E-state index contributed by atoms with van der Waals surface area (Å²) in [6, 6.07) is 11.8. The maximum absolute atomic E-state index is 14.0. The number of aliphatic hydroxyl groups is 1. The van der Waals surface area contributed by atoms with E-state index >= 15 is 0 Å². The number of benzene rings is 2. The Kier molecular flexibility index (Phi) is 8.73. The van der Waals surface area contributed by atoms with Crippen LogP contribution in [0.1, 0.15) is 88.6 Å². The third-order valence-electron chi connectivity index (χ3n) is 9.15. The normalized spacial score (nSPS) is 23.5. The van der Waals surface area contributed by atoms with E-state index in [2.05, 4.69) is 59.0 Å². The molecule has 4 rings (SSSR count). The van der Waals surface area contributed by atoms with Crippen LogP contribution in [0.5, 0.6) is 0 Å². The van der Waals surface area contributed by atoms with Crippen molar-refractivity contribution < 1.29 is 14.3 Å². The van der Waals surface area contributed by atoms with Gasteiger partial charge in [0.1, 0.15) is 0 Å². The molecular weight excluding hydrogens is 545 g/mol. The van der Waals surface area contributed by atoms with E-state index in [1.54, 1.807) is 18.2 Å². The average molecular weight is 591 g/mol. The zero-order valence-corrected chi connectivity index (χ0v) is 27.3. The maximum atomic E-state index is 14.0. The second-order valence-corrected chi connectivity index (χ2v) is 19.4. The predicted octanol–water partition coefficient (Wildman–Crippen LogP) is 8.34. The van der Waals surface area contributed by atoms with Gasteiger partial charge in [0.15, 0.2) is 8.32 Å². The molecular formula is C32H45Cl2NO3Si. The van der Waals surface area contributed by atoms with Crippen molar-refractivity contribution >= 4 is 37.4 Å². The lowest BCUT2D eigenvalue weighted by atomic mass is 9.83. The Morgan fingerprint density at radius 3 is 2.23 bits per heavy atom. The fourth-order valence-corrected chi connectivity index (χ4v) is 7.49. The SMILES string of the molecule is C[C@H]1c2cccc([C@H]3C[C@@H]3CC(C)(C)O)c2C[C@H](CO[Si](C)(C)C(C)(C)C)N1C(=O)Cc1c(Cl)cccc1Cl. The first kappa shape index (κ1) is 30.6. The molecule has 0 bridgehead atoms. The van der Waals surface area contributed by atoms with Gasteiger partial charge in [-0.05, 0) is 104 Å². The van der Waals surface area contributed by atoms with Crippen LogP contribution in [0, 0.1) is 5.92 Å². The quantitative estimate of drug-likeness (QED) is 0.315. The molecule has 1 aliphatic heterocycles. The zero-order valence-electron chi connectivity index (χ0n) is 24.8. The molecule has 0 radical (unpaired) electrons. The number of hydrogen-bond acceptors (Lipinski definition) is 3. The Bertz CT molecular complexity index is 1200. The highest BCUT2D eigenvalue weighted by molar-refractivity contribution is 6.74. The summed E-state index contributed by atoms with van der Waals surface area (Å²) in [5, 5.41) is 11.5. The molecule has 4 nitrogen and oxygen atoms in total. The van der Waals surface area contributed by atoms with Crippen LogP contribution >= 0.6 is 23.2 Å². The van der Waals surface area contributed by atoms with Crippen molar-refractivity contribution in [3.05, 3.63) is 68.7 Å². The first-order valence-electron chi connectivity index (χ1n) is 14.2. The van der Waals surface area contributed by atoms with Crippen LogP contribution in [-0.4, -0.2) is 42.5 Å². The Labute approximate surface area is 246 Å². The molecule has 0 spiro atoms. The summed E-state index contributed by atoms with van der Waals surface area (Å²) >= 11 is 12.9. The number of carbonyl (C=O) groups is 1. The highest BCUT2D eigenvalue weighted by atomic mass is 35.5. The summed E-state index contributed by atoms with van der Waals surface area (Å²) < 4.78 is 6.74. The van der Waals surface area contributed by atoms with E-state index in [1.807, 2.05) is 18.7 Å². The minimum Gasteiger partial charge on any atom is -0.415 e. The van der Waals surface area contributed by atoms with Crippen molar-refractivity contribution in [3.63, 3.8) is 0 Å². The van der Waals surface area contributed by atoms with Gasteiger partial charge in [-0.2, -0.15) is 0 Å². The molecule has 4 atom stereocenters. The summed E-state index contributed by atoms with van der Waals surface area (Å²) in [5.41, 5.74) is 3.96. The highest BCUT2D eigenvalue weighted by Gasteiger charge is 2.45. The fraction of sp³-hybridized carbons (Fsp3) is 0.594. The van der Waals surface area contributed by atoms with Gasteiger partial charge in [-0.25, -0.2) is 0 Å². The monoisotopic (exact) mass is 589 g/mol. The molecule has 7 heteroatoms. The van der Waals surface area contributed by atoms with E-state index in [-0.39, 0.29) is 29.4 Å². The van der Waals surface area contributed by atoms with Crippen molar-refractivity contribution in [1.29, 1.82) is 0 Å². The van der Waals surface area contributed by atoms with Crippen LogP contribution < -0.4 is 0 Å². The van der Waals surface area contributed by atoms with Gasteiger partial charge >= 0.3 is 0 Å². The predicted molar refractivity (Wildman–Crippen MR) is 164 cm³/mol. The first-order chi connectivity index (χ1) is 18.0. The third kappa shape index (κ3) is 6.76. The molecule has 1 saturated carbocycles. The average Bonchev–Trinajstić information content (AvgIpc) is 3.56. The van der Waals surface area contributed by atoms with Crippen molar-refractivity contribution in [2.75, 3.05) is 6.61 Å².